The number of rotatable bonds is 3. The van der Waals surface area contributed by atoms with Crippen molar-refractivity contribution in [1.82, 2.24) is 15.2 Å². The number of hydrogen-bond acceptors (Lipinski definition) is 5. The lowest BCUT2D eigenvalue weighted by Crippen LogP contribution is -2.45. The number of sulfonamides is 1. The second kappa shape index (κ2) is 7.11. The Morgan fingerprint density at radius 2 is 2.00 bits per heavy atom. The number of benzene rings is 1. The Labute approximate surface area is 158 Å². The summed E-state index contributed by atoms with van der Waals surface area (Å²) in [6.45, 7) is 1.53. The van der Waals surface area contributed by atoms with Crippen LogP contribution in [0.5, 0.6) is 0 Å². The summed E-state index contributed by atoms with van der Waals surface area (Å²) in [6, 6.07) is 12.4. The van der Waals surface area contributed by atoms with Crippen molar-refractivity contribution in [2.45, 2.75) is 24.3 Å². The van der Waals surface area contributed by atoms with Crippen LogP contribution in [0.3, 0.4) is 0 Å². The van der Waals surface area contributed by atoms with Crippen molar-refractivity contribution in [1.29, 1.82) is 0 Å². The Morgan fingerprint density at radius 1 is 1.19 bits per heavy atom. The van der Waals surface area contributed by atoms with Crippen LogP contribution in [0.2, 0.25) is 0 Å². The number of hydrogen-bond donors (Lipinski definition) is 1. The molecule has 1 N–H and O–H groups in total. The van der Waals surface area contributed by atoms with Crippen LogP contribution < -0.4 is 5.32 Å². The highest BCUT2D eigenvalue weighted by molar-refractivity contribution is 7.90. The van der Waals surface area contributed by atoms with E-state index in [0.717, 1.165) is 18.5 Å². The highest BCUT2D eigenvalue weighted by atomic mass is 32.2. The van der Waals surface area contributed by atoms with E-state index < -0.39 is 10.0 Å². The number of nitrogens with zero attached hydrogens (tertiary/aromatic N) is 3. The van der Waals surface area contributed by atoms with Crippen LogP contribution in [0.1, 0.15) is 24.1 Å². The van der Waals surface area contributed by atoms with Gasteiger partial charge in [-0.2, -0.15) is 8.42 Å². The van der Waals surface area contributed by atoms with Crippen LogP contribution in [-0.4, -0.2) is 43.1 Å². The summed E-state index contributed by atoms with van der Waals surface area (Å²) >= 11 is 0. The summed E-state index contributed by atoms with van der Waals surface area (Å²) in [5, 5.41) is 2.93. The molecule has 1 aromatic carbocycles. The van der Waals surface area contributed by atoms with Gasteiger partial charge in [-0.25, -0.2) is 0 Å². The molecule has 1 amide bonds. The number of amides is 1. The van der Waals surface area contributed by atoms with E-state index in [9.17, 15) is 13.2 Å². The number of nitrogens with one attached hydrogen (secondary N) is 1. The fraction of sp³-hybridized carbons (Fsp3) is 0.316. The topological polar surface area (TPSA) is 91.7 Å². The number of piperidine rings is 1. The molecule has 1 saturated heterocycles. The highest BCUT2D eigenvalue weighted by Crippen LogP contribution is 2.29. The van der Waals surface area contributed by atoms with Gasteiger partial charge in [-0.3, -0.25) is 9.78 Å². The normalized spacial score (nSPS) is 20.7. The molecule has 2 aromatic rings. The molecular formula is C19H20N4O3S. The molecular weight excluding hydrogens is 364 g/mol. The first-order chi connectivity index (χ1) is 13.0. The predicted octanol–water partition coefficient (Wildman–Crippen LogP) is 1.56. The Kier molecular flexibility index (Phi) is 4.65. The summed E-state index contributed by atoms with van der Waals surface area (Å²) in [5.41, 5.74) is 1.42. The smallest absolute Gasteiger partial charge is 0.285 e. The number of fused-ring (bicyclic) bond motifs is 1. The van der Waals surface area contributed by atoms with E-state index in [1.54, 1.807) is 30.5 Å². The number of amidine groups is 1. The van der Waals surface area contributed by atoms with Crippen molar-refractivity contribution >= 4 is 21.8 Å². The zero-order valence-electron chi connectivity index (χ0n) is 14.7. The van der Waals surface area contributed by atoms with Crippen molar-refractivity contribution in [3.05, 3.63) is 59.9 Å². The fourth-order valence-electron chi connectivity index (χ4n) is 3.52. The second-order valence-corrected chi connectivity index (χ2v) is 8.28. The molecule has 1 atom stereocenters. The average molecular weight is 384 g/mol. The van der Waals surface area contributed by atoms with E-state index in [2.05, 4.69) is 14.7 Å². The van der Waals surface area contributed by atoms with Gasteiger partial charge >= 0.3 is 0 Å². The minimum absolute atomic E-state index is 0.0416. The van der Waals surface area contributed by atoms with E-state index in [1.165, 1.54) is 0 Å². The van der Waals surface area contributed by atoms with Crippen molar-refractivity contribution in [3.63, 3.8) is 0 Å². The first-order valence-corrected chi connectivity index (χ1v) is 10.4. The third kappa shape index (κ3) is 3.57. The van der Waals surface area contributed by atoms with E-state index in [0.29, 0.717) is 31.0 Å². The molecule has 4 rings (SSSR count). The number of likely N-dealkylation sites (tertiary alicyclic amines) is 1. The SMILES string of the molecule is O=C(NCc1ccccn1)C1CCCN(C2=NS(=O)(=O)c3ccccc32)C1. The van der Waals surface area contributed by atoms with E-state index in [-0.39, 0.29) is 16.7 Å². The number of carbonyl (C=O) groups is 1. The van der Waals surface area contributed by atoms with Crippen LogP contribution in [0.15, 0.2) is 58.0 Å². The Morgan fingerprint density at radius 3 is 2.81 bits per heavy atom. The molecule has 0 saturated carbocycles. The van der Waals surface area contributed by atoms with Gasteiger partial charge in [0.15, 0.2) is 5.84 Å². The van der Waals surface area contributed by atoms with Gasteiger partial charge in [-0.1, -0.05) is 18.2 Å². The van der Waals surface area contributed by atoms with Gasteiger partial charge in [0.1, 0.15) is 4.90 Å². The van der Waals surface area contributed by atoms with Gasteiger partial charge in [0, 0.05) is 24.8 Å². The average Bonchev–Trinajstić information content (AvgIpc) is 2.98. The minimum Gasteiger partial charge on any atom is -0.355 e. The van der Waals surface area contributed by atoms with Crippen molar-refractivity contribution in [2.75, 3.05) is 13.1 Å². The second-order valence-electron chi connectivity index (χ2n) is 6.71. The molecule has 8 heteroatoms. The molecule has 7 nitrogen and oxygen atoms in total. The molecule has 0 aliphatic carbocycles. The first kappa shape index (κ1) is 17.7. The van der Waals surface area contributed by atoms with Gasteiger partial charge in [0.05, 0.1) is 18.2 Å². The molecule has 0 bridgehead atoms. The third-order valence-electron chi connectivity index (χ3n) is 4.87. The lowest BCUT2D eigenvalue weighted by atomic mass is 9.96. The monoisotopic (exact) mass is 384 g/mol. The van der Waals surface area contributed by atoms with Gasteiger partial charge in [0.25, 0.3) is 10.0 Å². The largest absolute Gasteiger partial charge is 0.355 e. The number of aromatic nitrogens is 1. The van der Waals surface area contributed by atoms with Crippen molar-refractivity contribution < 1.29 is 13.2 Å². The number of pyridine rings is 1. The van der Waals surface area contributed by atoms with Crippen LogP contribution in [0.25, 0.3) is 0 Å². The zero-order chi connectivity index (χ0) is 18.9. The summed E-state index contributed by atoms with van der Waals surface area (Å²) in [5.74, 6) is 0.202. The predicted molar refractivity (Wildman–Crippen MR) is 101 cm³/mol. The molecule has 0 spiro atoms. The maximum Gasteiger partial charge on any atom is 0.285 e. The zero-order valence-corrected chi connectivity index (χ0v) is 15.5. The summed E-state index contributed by atoms with van der Waals surface area (Å²) in [4.78, 5) is 18.9. The van der Waals surface area contributed by atoms with Gasteiger partial charge in [-0.05, 0) is 37.1 Å². The molecule has 0 radical (unpaired) electrons. The Hall–Kier alpha value is -2.74. The maximum absolute atomic E-state index is 12.6. The molecule has 2 aliphatic heterocycles. The molecule has 27 heavy (non-hydrogen) atoms. The standard InChI is InChI=1S/C19H20N4O3S/c24-19(21-12-15-7-3-4-10-20-15)14-6-5-11-23(13-14)18-16-8-1-2-9-17(16)27(25,26)22-18/h1-4,7-10,14H,5-6,11-13H2,(H,21,24). The Bertz CT molecular complexity index is 989. The number of carbonyl (C=O) groups excluding carboxylic acids is 1. The quantitative estimate of drug-likeness (QED) is 0.867. The van der Waals surface area contributed by atoms with Gasteiger partial charge in [-0.15, -0.1) is 4.40 Å². The van der Waals surface area contributed by atoms with Crippen LogP contribution in [0, 0.1) is 5.92 Å². The van der Waals surface area contributed by atoms with Gasteiger partial charge in [0.2, 0.25) is 5.91 Å². The van der Waals surface area contributed by atoms with E-state index >= 15 is 0 Å². The summed E-state index contributed by atoms with van der Waals surface area (Å²) in [6.07, 6.45) is 3.27. The van der Waals surface area contributed by atoms with Crippen molar-refractivity contribution in [3.8, 4) is 0 Å². The van der Waals surface area contributed by atoms with Crippen LogP contribution in [-0.2, 0) is 21.4 Å². The lowest BCUT2D eigenvalue weighted by Gasteiger charge is -2.33. The Balaban J connectivity index is 1.47. The first-order valence-electron chi connectivity index (χ1n) is 8.91. The fourth-order valence-corrected chi connectivity index (χ4v) is 4.75. The molecule has 1 aromatic heterocycles. The van der Waals surface area contributed by atoms with E-state index in [1.807, 2.05) is 23.1 Å². The van der Waals surface area contributed by atoms with Gasteiger partial charge < -0.3 is 10.2 Å². The summed E-state index contributed by atoms with van der Waals surface area (Å²) < 4.78 is 28.5. The minimum atomic E-state index is -3.65. The molecule has 3 heterocycles. The maximum atomic E-state index is 12.6. The van der Waals surface area contributed by atoms with E-state index in [4.69, 9.17) is 0 Å². The summed E-state index contributed by atoms with van der Waals surface area (Å²) in [7, 11) is -3.65. The molecule has 2 aliphatic rings. The third-order valence-corrected chi connectivity index (χ3v) is 6.20. The molecule has 1 unspecified atom stereocenters. The highest BCUT2D eigenvalue weighted by Gasteiger charge is 2.35. The van der Waals surface area contributed by atoms with Crippen LogP contribution >= 0.6 is 0 Å². The van der Waals surface area contributed by atoms with Crippen molar-refractivity contribution in [2.24, 2.45) is 10.3 Å². The molecule has 1 fully saturated rings. The van der Waals surface area contributed by atoms with Crippen LogP contribution in [0.4, 0.5) is 0 Å². The molecule has 140 valence electrons. The lowest BCUT2D eigenvalue weighted by molar-refractivity contribution is -0.126.